The molecule has 0 amide bonds. The Morgan fingerprint density at radius 2 is 1.68 bits per heavy atom. The molecule has 1 heterocycles. The first-order chi connectivity index (χ1) is 16.7. The number of imidazole rings is 1. The normalized spacial score (nSPS) is 12.3. The lowest BCUT2D eigenvalue weighted by Gasteiger charge is -2.33. The molecule has 0 aliphatic carbocycles. The maximum absolute atomic E-state index is 5.51. The molecule has 2 aromatic carbocycles. The molecule has 0 N–H and O–H groups in total. The van der Waals surface area contributed by atoms with E-state index < -0.39 is 0 Å². The summed E-state index contributed by atoms with van der Waals surface area (Å²) >= 11 is 0. The molecule has 0 saturated carbocycles. The quantitative estimate of drug-likeness (QED) is 0.230. The highest BCUT2D eigenvalue weighted by Gasteiger charge is 2.25. The summed E-state index contributed by atoms with van der Waals surface area (Å²) in [4.78, 5) is 7.66. The number of hydrogen-bond donors (Lipinski definition) is 0. The Morgan fingerprint density at radius 3 is 2.38 bits per heavy atom. The first kappa shape index (κ1) is 26.0. The van der Waals surface area contributed by atoms with Crippen LogP contribution in [0.2, 0.25) is 0 Å². The Bertz CT molecular complexity index is 966. The predicted octanol–water partition coefficient (Wildman–Crippen LogP) is 7.89. The largest absolute Gasteiger partial charge is 0.497 e. The Kier molecular flexibility index (Phi) is 10.7. The Labute approximate surface area is 207 Å². The van der Waals surface area contributed by atoms with E-state index in [1.165, 1.54) is 48.9 Å². The fourth-order valence-corrected chi connectivity index (χ4v) is 4.65. The van der Waals surface area contributed by atoms with Gasteiger partial charge in [0.05, 0.1) is 25.0 Å². The molecule has 4 nitrogen and oxygen atoms in total. The summed E-state index contributed by atoms with van der Waals surface area (Å²) in [7, 11) is 1.75. The number of methoxy groups -OCH3 is 1. The number of unbranched alkanes of at least 4 members (excludes halogenated alkanes) is 3. The van der Waals surface area contributed by atoms with E-state index in [1.54, 1.807) is 7.11 Å². The van der Waals surface area contributed by atoms with Crippen molar-refractivity contribution in [1.82, 2.24) is 14.5 Å². The molecule has 0 fully saturated rings. The third kappa shape index (κ3) is 6.96. The van der Waals surface area contributed by atoms with Crippen molar-refractivity contribution in [3.05, 3.63) is 72.1 Å². The van der Waals surface area contributed by atoms with E-state index in [-0.39, 0.29) is 0 Å². The number of benzene rings is 2. The van der Waals surface area contributed by atoms with Gasteiger partial charge in [-0.05, 0) is 43.5 Å². The van der Waals surface area contributed by atoms with Crippen molar-refractivity contribution >= 4 is 0 Å². The molecule has 1 aromatic heterocycles. The van der Waals surface area contributed by atoms with Crippen LogP contribution >= 0.6 is 0 Å². The van der Waals surface area contributed by atoms with Gasteiger partial charge in [-0.25, -0.2) is 4.98 Å². The monoisotopic (exact) mass is 461 g/mol. The molecule has 0 aliphatic rings. The molecule has 0 aliphatic heterocycles. The van der Waals surface area contributed by atoms with E-state index >= 15 is 0 Å². The predicted molar refractivity (Wildman–Crippen MR) is 143 cm³/mol. The number of ether oxygens (including phenoxy) is 1. The maximum atomic E-state index is 5.51. The molecular formula is C30H43N3O. The van der Waals surface area contributed by atoms with Gasteiger partial charge in [0.15, 0.2) is 0 Å². The topological polar surface area (TPSA) is 30.3 Å². The average molecular weight is 462 g/mol. The Morgan fingerprint density at radius 1 is 0.912 bits per heavy atom. The summed E-state index contributed by atoms with van der Waals surface area (Å²) in [5.41, 5.74) is 3.87. The second-order valence-corrected chi connectivity index (χ2v) is 9.21. The number of rotatable bonds is 15. The minimum atomic E-state index is 0.347. The minimum absolute atomic E-state index is 0.347. The summed E-state index contributed by atoms with van der Waals surface area (Å²) in [5.74, 6) is 2.03. The summed E-state index contributed by atoms with van der Waals surface area (Å²) < 4.78 is 8.01. The van der Waals surface area contributed by atoms with E-state index in [0.717, 1.165) is 44.0 Å². The second kappa shape index (κ2) is 14.0. The molecular weight excluding hydrogens is 418 g/mol. The van der Waals surface area contributed by atoms with Crippen molar-refractivity contribution < 1.29 is 4.74 Å². The fourth-order valence-electron chi connectivity index (χ4n) is 4.65. The van der Waals surface area contributed by atoms with Crippen molar-refractivity contribution in [3.63, 3.8) is 0 Å². The summed E-state index contributed by atoms with van der Waals surface area (Å²) in [6.45, 7) is 9.86. The molecule has 1 atom stereocenters. The average Bonchev–Trinajstić information content (AvgIpc) is 3.30. The molecule has 3 rings (SSSR count). The highest BCUT2D eigenvalue weighted by atomic mass is 16.5. The van der Waals surface area contributed by atoms with Crippen LogP contribution in [0.4, 0.5) is 0 Å². The van der Waals surface area contributed by atoms with Gasteiger partial charge in [-0.15, -0.1) is 0 Å². The van der Waals surface area contributed by atoms with Gasteiger partial charge in [-0.3, -0.25) is 4.90 Å². The van der Waals surface area contributed by atoms with Crippen LogP contribution in [0.15, 0.2) is 60.8 Å². The number of hydrogen-bond acceptors (Lipinski definition) is 3. The maximum Gasteiger partial charge on any atom is 0.140 e. The fraction of sp³-hybridized carbons (Fsp3) is 0.500. The van der Waals surface area contributed by atoms with Gasteiger partial charge >= 0.3 is 0 Å². The molecule has 0 saturated heterocycles. The van der Waals surface area contributed by atoms with Crippen LogP contribution < -0.4 is 4.74 Å². The summed E-state index contributed by atoms with van der Waals surface area (Å²) in [6.07, 6.45) is 10.4. The Hall–Kier alpha value is -2.59. The highest BCUT2D eigenvalue weighted by Crippen LogP contribution is 2.32. The first-order valence-corrected chi connectivity index (χ1v) is 13.2. The van der Waals surface area contributed by atoms with Crippen molar-refractivity contribution in [1.29, 1.82) is 0 Å². The van der Waals surface area contributed by atoms with Gasteiger partial charge in [0.2, 0.25) is 0 Å². The summed E-state index contributed by atoms with van der Waals surface area (Å²) in [6, 6.07) is 19.5. The van der Waals surface area contributed by atoms with Gasteiger partial charge in [0.25, 0.3) is 0 Å². The molecule has 4 heteroatoms. The molecule has 0 radical (unpaired) electrons. The van der Waals surface area contributed by atoms with Gasteiger partial charge < -0.3 is 9.30 Å². The SMILES string of the molecule is CCCCC(c1cnc(-c2ccccc2)n1CCCC)N(CCCC)Cc1cccc(OC)c1. The van der Waals surface area contributed by atoms with E-state index in [9.17, 15) is 0 Å². The standard InChI is InChI=1S/C30H43N3O/c1-5-8-19-28(32(20-9-6-2)24-25-15-14-18-27(22-25)34-4)29-23-31-30(33(29)21-10-7-3)26-16-12-11-13-17-26/h11-18,22-23,28H,5-10,19-21,24H2,1-4H3. The lowest BCUT2D eigenvalue weighted by molar-refractivity contribution is 0.166. The van der Waals surface area contributed by atoms with Crippen LogP contribution in [0.5, 0.6) is 5.75 Å². The van der Waals surface area contributed by atoms with Gasteiger partial charge in [-0.1, -0.05) is 88.9 Å². The van der Waals surface area contributed by atoms with Crippen LogP contribution in [0.25, 0.3) is 11.4 Å². The van der Waals surface area contributed by atoms with Crippen LogP contribution in [0, 0.1) is 0 Å². The Balaban J connectivity index is 2.01. The van der Waals surface area contributed by atoms with Gasteiger partial charge in [0, 0.05) is 18.7 Å². The minimum Gasteiger partial charge on any atom is -0.497 e. The zero-order valence-electron chi connectivity index (χ0n) is 21.7. The third-order valence-electron chi connectivity index (χ3n) is 6.59. The van der Waals surface area contributed by atoms with Crippen molar-refractivity contribution in [3.8, 4) is 17.1 Å². The lowest BCUT2D eigenvalue weighted by Crippen LogP contribution is -2.31. The zero-order chi connectivity index (χ0) is 24.2. The van der Waals surface area contributed by atoms with Crippen LogP contribution in [0.3, 0.4) is 0 Å². The first-order valence-electron chi connectivity index (χ1n) is 13.2. The highest BCUT2D eigenvalue weighted by molar-refractivity contribution is 5.56. The smallest absolute Gasteiger partial charge is 0.140 e. The molecule has 3 aromatic rings. The number of aromatic nitrogens is 2. The van der Waals surface area contributed by atoms with Crippen LogP contribution in [-0.4, -0.2) is 28.1 Å². The van der Waals surface area contributed by atoms with Gasteiger partial charge in [0.1, 0.15) is 11.6 Å². The molecule has 184 valence electrons. The van der Waals surface area contributed by atoms with E-state index in [1.807, 2.05) is 6.07 Å². The molecule has 0 spiro atoms. The second-order valence-electron chi connectivity index (χ2n) is 9.21. The van der Waals surface area contributed by atoms with E-state index in [4.69, 9.17) is 9.72 Å². The van der Waals surface area contributed by atoms with Crippen molar-refractivity contribution in [2.24, 2.45) is 0 Å². The van der Waals surface area contributed by atoms with Crippen LogP contribution in [0.1, 0.15) is 83.0 Å². The molecule has 34 heavy (non-hydrogen) atoms. The van der Waals surface area contributed by atoms with E-state index in [0.29, 0.717) is 6.04 Å². The molecule has 1 unspecified atom stereocenters. The van der Waals surface area contributed by atoms with Crippen molar-refractivity contribution in [2.75, 3.05) is 13.7 Å². The lowest BCUT2D eigenvalue weighted by atomic mass is 10.0. The van der Waals surface area contributed by atoms with Crippen LogP contribution in [-0.2, 0) is 13.1 Å². The summed E-state index contributed by atoms with van der Waals surface area (Å²) in [5, 5.41) is 0. The third-order valence-corrected chi connectivity index (χ3v) is 6.59. The molecule has 0 bridgehead atoms. The van der Waals surface area contributed by atoms with Crippen molar-refractivity contribution in [2.45, 2.75) is 84.8 Å². The number of nitrogens with zero attached hydrogens (tertiary/aromatic N) is 3. The van der Waals surface area contributed by atoms with Gasteiger partial charge in [-0.2, -0.15) is 0 Å². The zero-order valence-corrected chi connectivity index (χ0v) is 21.7. The van der Waals surface area contributed by atoms with E-state index in [2.05, 4.69) is 85.0 Å².